The van der Waals surface area contributed by atoms with Crippen LogP contribution in [0.1, 0.15) is 55.7 Å². The fourth-order valence-corrected chi connectivity index (χ4v) is 5.45. The minimum absolute atomic E-state index is 0.0729. The molecule has 1 aliphatic heterocycles. The number of nitrogens with one attached hydrogen (secondary N) is 2. The molecule has 2 aromatic rings. The average molecular weight is 491 g/mol. The highest BCUT2D eigenvalue weighted by Gasteiger charge is 2.26. The van der Waals surface area contributed by atoms with Crippen LogP contribution in [-0.4, -0.2) is 72.7 Å². The molecule has 0 aliphatic carbocycles. The van der Waals surface area contributed by atoms with Crippen LogP contribution in [0.5, 0.6) is 0 Å². The Kier molecular flexibility index (Phi) is 8.05. The van der Waals surface area contributed by atoms with E-state index in [2.05, 4.69) is 20.0 Å². The highest BCUT2D eigenvalue weighted by molar-refractivity contribution is 7.89. The van der Waals surface area contributed by atoms with Crippen molar-refractivity contribution >= 4 is 21.6 Å². The molecular formula is C24H38N6O3S. The standard InChI is InChI=1S/C24H38N6O3S/c1-7-30-17-20(18(2)26-30)16-25-21-13-19(23(31)29-10-8-9-28(6)11-12-29)14-22(15-21)34(32,33)27-24(3,4)5/h13-15,17,25,27H,7-12,16H2,1-6H3. The number of hydrogen-bond donors (Lipinski definition) is 2. The molecule has 2 N–H and O–H groups in total. The Balaban J connectivity index is 1.94. The summed E-state index contributed by atoms with van der Waals surface area (Å²) in [5, 5.41) is 7.77. The number of rotatable bonds is 7. The largest absolute Gasteiger partial charge is 0.381 e. The van der Waals surface area contributed by atoms with Crippen molar-refractivity contribution in [3.8, 4) is 0 Å². The second-order valence-electron chi connectivity index (χ2n) is 10.00. The van der Waals surface area contributed by atoms with Crippen molar-refractivity contribution in [1.82, 2.24) is 24.3 Å². The summed E-state index contributed by atoms with van der Waals surface area (Å²) in [6, 6.07) is 4.81. The summed E-state index contributed by atoms with van der Waals surface area (Å²) < 4.78 is 30.8. The lowest BCUT2D eigenvalue weighted by Crippen LogP contribution is -2.40. The number of carbonyl (C=O) groups is 1. The second-order valence-corrected chi connectivity index (χ2v) is 11.7. The highest BCUT2D eigenvalue weighted by Crippen LogP contribution is 2.23. The Morgan fingerprint density at radius 1 is 1.12 bits per heavy atom. The summed E-state index contributed by atoms with van der Waals surface area (Å²) in [4.78, 5) is 17.5. The molecule has 3 rings (SSSR count). The number of carbonyl (C=O) groups excluding carboxylic acids is 1. The molecule has 0 unspecified atom stereocenters. The van der Waals surface area contributed by atoms with Crippen molar-refractivity contribution in [2.45, 2.75) is 64.6 Å². The van der Waals surface area contributed by atoms with Gasteiger partial charge >= 0.3 is 0 Å². The molecule has 0 radical (unpaired) electrons. The van der Waals surface area contributed by atoms with Crippen LogP contribution < -0.4 is 10.0 Å². The van der Waals surface area contributed by atoms with Crippen LogP contribution in [0.4, 0.5) is 5.69 Å². The van der Waals surface area contributed by atoms with Crippen molar-refractivity contribution in [3.05, 3.63) is 41.2 Å². The van der Waals surface area contributed by atoms with Crippen molar-refractivity contribution in [2.24, 2.45) is 0 Å². The van der Waals surface area contributed by atoms with Crippen LogP contribution in [0.3, 0.4) is 0 Å². The molecule has 10 heteroatoms. The summed E-state index contributed by atoms with van der Waals surface area (Å²) in [7, 11) is -1.77. The van der Waals surface area contributed by atoms with Gasteiger partial charge in [0.2, 0.25) is 10.0 Å². The van der Waals surface area contributed by atoms with Gasteiger partial charge in [0.1, 0.15) is 0 Å². The van der Waals surface area contributed by atoms with Gasteiger partial charge in [0.25, 0.3) is 5.91 Å². The molecule has 1 saturated heterocycles. The van der Waals surface area contributed by atoms with Crippen molar-refractivity contribution < 1.29 is 13.2 Å². The van der Waals surface area contributed by atoms with Gasteiger partial charge in [-0.05, 0) is 72.8 Å². The van der Waals surface area contributed by atoms with E-state index in [-0.39, 0.29) is 10.8 Å². The lowest BCUT2D eigenvalue weighted by molar-refractivity contribution is 0.0762. The predicted octanol–water partition coefficient (Wildman–Crippen LogP) is 2.68. The fourth-order valence-electron chi connectivity index (χ4n) is 3.97. The van der Waals surface area contributed by atoms with Crippen LogP contribution in [0.25, 0.3) is 0 Å². The van der Waals surface area contributed by atoms with E-state index in [9.17, 15) is 13.2 Å². The molecule has 1 aromatic heterocycles. The molecule has 1 fully saturated rings. The van der Waals surface area contributed by atoms with Gasteiger partial charge in [-0.1, -0.05) is 0 Å². The maximum atomic E-state index is 13.4. The van der Waals surface area contributed by atoms with Crippen LogP contribution in [-0.2, 0) is 23.1 Å². The number of amides is 1. The number of likely N-dealkylation sites (N-methyl/N-ethyl adjacent to an activating group) is 1. The average Bonchev–Trinajstić information content (AvgIpc) is 2.97. The first-order valence-electron chi connectivity index (χ1n) is 11.8. The van der Waals surface area contributed by atoms with Crippen molar-refractivity contribution in [1.29, 1.82) is 0 Å². The molecule has 1 aromatic carbocycles. The van der Waals surface area contributed by atoms with Crippen LogP contribution >= 0.6 is 0 Å². The molecule has 1 aliphatic rings. The van der Waals surface area contributed by atoms with E-state index in [1.54, 1.807) is 32.9 Å². The summed E-state index contributed by atoms with van der Waals surface area (Å²) >= 11 is 0. The molecule has 9 nitrogen and oxygen atoms in total. The fraction of sp³-hybridized carbons (Fsp3) is 0.583. The minimum atomic E-state index is -3.82. The SMILES string of the molecule is CCn1cc(CNc2cc(C(=O)N3CCCN(C)CC3)cc(S(=O)(=O)NC(C)(C)C)c2)c(C)n1. The molecule has 188 valence electrons. The topological polar surface area (TPSA) is 99.6 Å². The van der Waals surface area contributed by atoms with Crippen LogP contribution in [0.2, 0.25) is 0 Å². The lowest BCUT2D eigenvalue weighted by Gasteiger charge is -2.23. The number of anilines is 1. The third kappa shape index (κ3) is 6.80. The molecule has 0 bridgehead atoms. The number of aryl methyl sites for hydroxylation is 2. The first kappa shape index (κ1) is 26.2. The Morgan fingerprint density at radius 2 is 1.85 bits per heavy atom. The van der Waals surface area contributed by atoms with Crippen molar-refractivity contribution in [3.63, 3.8) is 0 Å². The zero-order valence-corrected chi connectivity index (χ0v) is 22.0. The normalized spacial score (nSPS) is 15.9. The number of sulfonamides is 1. The Morgan fingerprint density at radius 3 is 2.50 bits per heavy atom. The van der Waals surface area contributed by atoms with E-state index in [4.69, 9.17) is 0 Å². The minimum Gasteiger partial charge on any atom is -0.381 e. The van der Waals surface area contributed by atoms with E-state index in [0.29, 0.717) is 30.9 Å². The second kappa shape index (κ2) is 10.5. The van der Waals surface area contributed by atoms with Gasteiger partial charge < -0.3 is 15.1 Å². The maximum Gasteiger partial charge on any atom is 0.254 e. The monoisotopic (exact) mass is 490 g/mol. The third-order valence-electron chi connectivity index (χ3n) is 5.77. The van der Waals surface area contributed by atoms with E-state index in [1.807, 2.05) is 36.7 Å². The molecule has 0 atom stereocenters. The zero-order chi connectivity index (χ0) is 25.1. The van der Waals surface area contributed by atoms with Crippen molar-refractivity contribution in [2.75, 3.05) is 38.5 Å². The van der Waals surface area contributed by atoms with Gasteiger partial charge in [0, 0.05) is 61.3 Å². The number of benzene rings is 1. The predicted molar refractivity (Wildman–Crippen MR) is 134 cm³/mol. The Labute approximate surface area is 203 Å². The summed E-state index contributed by atoms with van der Waals surface area (Å²) in [5.41, 5.74) is 2.23. The molecular weight excluding hydrogens is 452 g/mol. The third-order valence-corrected chi connectivity index (χ3v) is 7.50. The number of aromatic nitrogens is 2. The summed E-state index contributed by atoms with van der Waals surface area (Å²) in [6.45, 7) is 13.6. The van der Waals surface area contributed by atoms with Gasteiger partial charge in [0.15, 0.2) is 0 Å². The van der Waals surface area contributed by atoms with Gasteiger partial charge in [-0.25, -0.2) is 13.1 Å². The molecule has 2 heterocycles. The van der Waals surface area contributed by atoms with Gasteiger partial charge in [-0.15, -0.1) is 0 Å². The van der Waals surface area contributed by atoms with E-state index in [1.165, 1.54) is 6.07 Å². The van der Waals surface area contributed by atoms with E-state index < -0.39 is 15.6 Å². The molecule has 0 spiro atoms. The Bertz CT molecular complexity index is 1120. The lowest BCUT2D eigenvalue weighted by atomic mass is 10.1. The quantitative estimate of drug-likeness (QED) is 0.619. The number of nitrogens with zero attached hydrogens (tertiary/aromatic N) is 4. The van der Waals surface area contributed by atoms with E-state index in [0.717, 1.165) is 37.3 Å². The smallest absolute Gasteiger partial charge is 0.254 e. The van der Waals surface area contributed by atoms with E-state index >= 15 is 0 Å². The Hall–Kier alpha value is -2.43. The molecule has 1 amide bonds. The van der Waals surface area contributed by atoms with Gasteiger partial charge in [0.05, 0.1) is 10.6 Å². The summed E-state index contributed by atoms with van der Waals surface area (Å²) in [5.74, 6) is -0.152. The summed E-state index contributed by atoms with van der Waals surface area (Å²) in [6.07, 6.45) is 2.86. The maximum absolute atomic E-state index is 13.4. The zero-order valence-electron chi connectivity index (χ0n) is 21.2. The highest BCUT2D eigenvalue weighted by atomic mass is 32.2. The molecule has 34 heavy (non-hydrogen) atoms. The van der Waals surface area contributed by atoms with Gasteiger partial charge in [-0.2, -0.15) is 5.10 Å². The molecule has 0 saturated carbocycles. The number of hydrogen-bond acceptors (Lipinski definition) is 6. The van der Waals surface area contributed by atoms with Crippen LogP contribution in [0, 0.1) is 6.92 Å². The van der Waals surface area contributed by atoms with Gasteiger partial charge in [-0.3, -0.25) is 9.48 Å². The first-order valence-corrected chi connectivity index (χ1v) is 13.3. The van der Waals surface area contributed by atoms with Crippen LogP contribution in [0.15, 0.2) is 29.3 Å². The first-order chi connectivity index (χ1) is 15.9.